The molecule has 1 aliphatic heterocycles. The molecule has 0 aromatic carbocycles. The zero-order valence-corrected chi connectivity index (χ0v) is 23.9. The summed E-state index contributed by atoms with van der Waals surface area (Å²) in [6.45, 7) is 5.38. The second-order valence-electron chi connectivity index (χ2n) is 9.49. The Kier molecular flexibility index (Phi) is 7.97. The van der Waals surface area contributed by atoms with E-state index in [4.69, 9.17) is 25.8 Å². The van der Waals surface area contributed by atoms with Crippen molar-refractivity contribution in [2.45, 2.75) is 50.0 Å². The third kappa shape index (κ3) is 5.49. The third-order valence-corrected chi connectivity index (χ3v) is 8.73. The monoisotopic (exact) mass is 585 g/mol. The number of aromatic nitrogens is 7. The second-order valence-corrected chi connectivity index (χ2v) is 12.3. The Hall–Kier alpha value is -3.68. The van der Waals surface area contributed by atoms with Gasteiger partial charge >= 0.3 is 0 Å². The van der Waals surface area contributed by atoms with Crippen LogP contribution in [0.4, 0.5) is 0 Å². The standard InChI is InChI=1S/C26H28ClN7O5S/c1-15(2)39-22(24-30-11-18(27)12-31-24)16(3)40(35,36)14-21-32-33-25-19-7-10-29-26(37-4)23(19)38-13-20(34(21)25)17-5-8-28-9-6-17/h5-12,15-16,20,22H,13-14H2,1-4H3/t16-,20-,22+/m0/s1. The highest BCUT2D eigenvalue weighted by atomic mass is 35.5. The lowest BCUT2D eigenvalue weighted by Gasteiger charge is -2.25. The van der Waals surface area contributed by atoms with Crippen molar-refractivity contribution in [3.8, 4) is 23.0 Å². The zero-order chi connectivity index (χ0) is 28.4. The van der Waals surface area contributed by atoms with Gasteiger partial charge in [0.1, 0.15) is 24.3 Å². The van der Waals surface area contributed by atoms with Crippen LogP contribution in [0.5, 0.6) is 11.6 Å². The summed E-state index contributed by atoms with van der Waals surface area (Å²) in [7, 11) is -2.38. The number of sulfone groups is 1. The number of methoxy groups -OCH3 is 1. The average Bonchev–Trinajstić information content (AvgIpc) is 3.26. The first-order valence-electron chi connectivity index (χ1n) is 12.5. The lowest BCUT2D eigenvalue weighted by Crippen LogP contribution is -2.32. The number of rotatable bonds is 9. The van der Waals surface area contributed by atoms with Gasteiger partial charge in [0.15, 0.2) is 27.2 Å². The molecular weight excluding hydrogens is 558 g/mol. The summed E-state index contributed by atoms with van der Waals surface area (Å²) in [5, 5.41) is 8.09. The number of fused-ring (bicyclic) bond motifs is 3. The van der Waals surface area contributed by atoms with E-state index in [1.165, 1.54) is 19.5 Å². The lowest BCUT2D eigenvalue weighted by molar-refractivity contribution is 0.00142. The van der Waals surface area contributed by atoms with E-state index in [0.29, 0.717) is 28.0 Å². The molecule has 4 aromatic heterocycles. The number of pyridine rings is 2. The summed E-state index contributed by atoms with van der Waals surface area (Å²) in [5.74, 6) is 1.20. The van der Waals surface area contributed by atoms with Crippen LogP contribution >= 0.6 is 11.6 Å². The topological polar surface area (TPSA) is 144 Å². The molecule has 0 amide bonds. The predicted octanol–water partition coefficient (Wildman–Crippen LogP) is 3.64. The van der Waals surface area contributed by atoms with Crippen molar-refractivity contribution < 1.29 is 22.6 Å². The van der Waals surface area contributed by atoms with E-state index in [-0.39, 0.29) is 24.4 Å². The Morgan fingerprint density at radius 3 is 2.48 bits per heavy atom. The van der Waals surface area contributed by atoms with E-state index in [2.05, 4.69) is 30.1 Å². The molecule has 5 heterocycles. The molecule has 0 saturated heterocycles. The lowest BCUT2D eigenvalue weighted by atomic mass is 10.1. The Labute approximate surface area is 236 Å². The van der Waals surface area contributed by atoms with Gasteiger partial charge in [-0.15, -0.1) is 10.2 Å². The summed E-state index contributed by atoms with van der Waals surface area (Å²) in [4.78, 5) is 16.8. The molecule has 0 bridgehead atoms. The molecule has 0 saturated carbocycles. The maximum absolute atomic E-state index is 13.9. The van der Waals surface area contributed by atoms with Crippen molar-refractivity contribution in [3.63, 3.8) is 0 Å². The quantitative estimate of drug-likeness (QED) is 0.284. The zero-order valence-electron chi connectivity index (χ0n) is 22.3. The maximum atomic E-state index is 13.9. The Balaban J connectivity index is 1.57. The Bertz CT molecular complexity index is 1580. The van der Waals surface area contributed by atoms with Crippen LogP contribution in [0, 0.1) is 0 Å². The van der Waals surface area contributed by atoms with Gasteiger partial charge in [-0.2, -0.15) is 0 Å². The van der Waals surface area contributed by atoms with Gasteiger partial charge in [-0.3, -0.25) is 9.55 Å². The first-order valence-corrected chi connectivity index (χ1v) is 14.6. The molecule has 40 heavy (non-hydrogen) atoms. The minimum Gasteiger partial charge on any atom is -0.485 e. The van der Waals surface area contributed by atoms with Gasteiger partial charge in [0.05, 0.1) is 35.1 Å². The van der Waals surface area contributed by atoms with Gasteiger partial charge in [-0.25, -0.2) is 23.4 Å². The van der Waals surface area contributed by atoms with Crippen LogP contribution in [-0.4, -0.2) is 68.2 Å². The Morgan fingerprint density at radius 2 is 1.80 bits per heavy atom. The first-order chi connectivity index (χ1) is 19.2. The van der Waals surface area contributed by atoms with Crippen LogP contribution in [0.25, 0.3) is 11.4 Å². The summed E-state index contributed by atoms with van der Waals surface area (Å²) in [6, 6.07) is 4.97. The third-order valence-electron chi connectivity index (χ3n) is 6.50. The van der Waals surface area contributed by atoms with Crippen LogP contribution in [0.15, 0.2) is 49.2 Å². The number of hydrogen-bond acceptors (Lipinski definition) is 11. The van der Waals surface area contributed by atoms with Gasteiger partial charge in [-0.1, -0.05) is 11.6 Å². The normalized spacial score (nSPS) is 16.4. The van der Waals surface area contributed by atoms with Crippen LogP contribution in [0.1, 0.15) is 50.1 Å². The summed E-state index contributed by atoms with van der Waals surface area (Å²) >= 11 is 5.96. The summed E-state index contributed by atoms with van der Waals surface area (Å²) in [5.41, 5.74) is 1.43. The van der Waals surface area contributed by atoms with Gasteiger partial charge in [-0.05, 0) is 44.5 Å². The van der Waals surface area contributed by atoms with E-state index in [0.717, 1.165) is 5.56 Å². The SMILES string of the molecule is COc1nccc2c1OC[C@@H](c1ccncc1)n1c(CS(=O)(=O)[C@@H](C)[C@@H](OC(C)C)c3ncc(Cl)cn3)nnc1-2. The molecule has 1 aliphatic rings. The van der Waals surface area contributed by atoms with Crippen LogP contribution < -0.4 is 9.47 Å². The summed E-state index contributed by atoms with van der Waals surface area (Å²) in [6.07, 6.45) is 6.53. The molecule has 14 heteroatoms. The largest absolute Gasteiger partial charge is 0.485 e. The molecular formula is C26H28ClN7O5S. The molecule has 0 N–H and O–H groups in total. The second kappa shape index (κ2) is 11.4. The van der Waals surface area contributed by atoms with Crippen molar-refractivity contribution in [1.82, 2.24) is 34.7 Å². The molecule has 4 aromatic rings. The summed E-state index contributed by atoms with van der Waals surface area (Å²) < 4.78 is 47.2. The molecule has 5 rings (SSSR count). The maximum Gasteiger partial charge on any atom is 0.257 e. The highest BCUT2D eigenvalue weighted by molar-refractivity contribution is 7.91. The molecule has 0 radical (unpaired) electrons. The molecule has 3 atom stereocenters. The molecule has 0 fully saturated rings. The molecule has 12 nitrogen and oxygen atoms in total. The fourth-order valence-corrected chi connectivity index (χ4v) is 6.01. The fourth-order valence-electron chi connectivity index (χ4n) is 4.53. The molecule has 0 unspecified atom stereocenters. The minimum atomic E-state index is -3.88. The molecule has 210 valence electrons. The molecule has 0 spiro atoms. The Morgan fingerprint density at radius 1 is 1.07 bits per heavy atom. The highest BCUT2D eigenvalue weighted by Gasteiger charge is 2.37. The minimum absolute atomic E-state index is 0.157. The predicted molar refractivity (Wildman–Crippen MR) is 146 cm³/mol. The van der Waals surface area contributed by atoms with Crippen molar-refractivity contribution in [3.05, 3.63) is 71.4 Å². The number of halogens is 1. The van der Waals surface area contributed by atoms with Crippen molar-refractivity contribution in [2.24, 2.45) is 0 Å². The van der Waals surface area contributed by atoms with E-state index in [1.807, 2.05) is 26.0 Å². The van der Waals surface area contributed by atoms with Crippen molar-refractivity contribution >= 4 is 21.4 Å². The van der Waals surface area contributed by atoms with Crippen molar-refractivity contribution in [2.75, 3.05) is 13.7 Å². The first kappa shape index (κ1) is 27.9. The van der Waals surface area contributed by atoms with Gasteiger partial charge < -0.3 is 14.2 Å². The van der Waals surface area contributed by atoms with Gasteiger partial charge in [0.25, 0.3) is 5.88 Å². The van der Waals surface area contributed by atoms with E-state index in [1.54, 1.807) is 36.1 Å². The van der Waals surface area contributed by atoms with Crippen LogP contribution in [0.2, 0.25) is 5.02 Å². The number of ether oxygens (including phenoxy) is 3. The molecule has 0 aliphatic carbocycles. The van der Waals surface area contributed by atoms with Gasteiger partial charge in [0, 0.05) is 31.0 Å². The van der Waals surface area contributed by atoms with Crippen molar-refractivity contribution in [1.29, 1.82) is 0 Å². The van der Waals surface area contributed by atoms with E-state index < -0.39 is 33.0 Å². The van der Waals surface area contributed by atoms with E-state index >= 15 is 0 Å². The van der Waals surface area contributed by atoms with Gasteiger partial charge in [0.2, 0.25) is 0 Å². The average molecular weight is 586 g/mol. The fraction of sp³-hybridized carbons (Fsp3) is 0.385. The number of hydrogen-bond donors (Lipinski definition) is 0. The smallest absolute Gasteiger partial charge is 0.257 e. The van der Waals surface area contributed by atoms with Crippen LogP contribution in [-0.2, 0) is 20.3 Å². The van der Waals surface area contributed by atoms with Crippen LogP contribution in [0.3, 0.4) is 0 Å². The number of nitrogens with zero attached hydrogens (tertiary/aromatic N) is 7. The van der Waals surface area contributed by atoms with E-state index in [9.17, 15) is 8.42 Å². The highest BCUT2D eigenvalue weighted by Crippen LogP contribution is 2.41.